The molecule has 11 nitrogen and oxygen atoms in total. The van der Waals surface area contributed by atoms with Crippen LogP contribution in [0.4, 0.5) is 13.6 Å². The van der Waals surface area contributed by atoms with Crippen molar-refractivity contribution in [2.24, 2.45) is 5.92 Å². The Balaban J connectivity index is 0.00000171. The Labute approximate surface area is 334 Å². The van der Waals surface area contributed by atoms with E-state index in [-0.39, 0.29) is 72.3 Å². The summed E-state index contributed by atoms with van der Waals surface area (Å²) in [4.78, 5) is 43.3. The lowest BCUT2D eigenvalue weighted by Gasteiger charge is -2.33. The number of carbonyl (C=O) groups is 2. The summed E-state index contributed by atoms with van der Waals surface area (Å²) >= 11 is 0. The van der Waals surface area contributed by atoms with Crippen molar-refractivity contribution in [1.82, 2.24) is 35.5 Å². The number of carbonyl (C=O) groups excluding carboxylic acids is 1. The van der Waals surface area contributed by atoms with Crippen LogP contribution >= 0.6 is 37.2 Å². The maximum atomic E-state index is 16.2. The summed E-state index contributed by atoms with van der Waals surface area (Å²) < 4.78 is 37.9. The minimum atomic E-state index is -3.19. The van der Waals surface area contributed by atoms with Gasteiger partial charge in [-0.2, -0.15) is 8.78 Å². The molecule has 0 saturated carbocycles. The predicted molar refractivity (Wildman–Crippen MR) is 211 cm³/mol. The van der Waals surface area contributed by atoms with Crippen molar-refractivity contribution in [3.05, 3.63) is 83.6 Å². The van der Waals surface area contributed by atoms with Gasteiger partial charge in [0.05, 0.1) is 35.0 Å². The minimum Gasteiger partial charge on any atom is -0.465 e. The Morgan fingerprint density at radius 1 is 0.873 bits per heavy atom. The van der Waals surface area contributed by atoms with Crippen LogP contribution in [0, 0.1) is 5.92 Å². The first-order chi connectivity index (χ1) is 25.2. The quantitative estimate of drug-likeness (QED) is 0.111. The summed E-state index contributed by atoms with van der Waals surface area (Å²) in [6.07, 6.45) is 5.23. The molecule has 0 radical (unpaired) electrons. The second-order valence-corrected chi connectivity index (χ2v) is 14.3. The molecule has 9 rings (SSSR count). The molecule has 3 saturated heterocycles. The molecule has 16 heteroatoms. The monoisotopic (exact) mass is 815 g/mol. The zero-order valence-corrected chi connectivity index (χ0v) is 32.1. The number of imidazole rings is 2. The third-order valence-corrected chi connectivity index (χ3v) is 11.3. The molecule has 0 spiro atoms. The first kappa shape index (κ1) is 40.4. The Kier molecular flexibility index (Phi) is 11.8. The predicted octanol–water partition coefficient (Wildman–Crippen LogP) is 8.16. The van der Waals surface area contributed by atoms with Gasteiger partial charge in [-0.15, -0.1) is 37.2 Å². The Bertz CT molecular complexity index is 2200. The van der Waals surface area contributed by atoms with Crippen LogP contribution in [-0.2, 0) is 15.5 Å². The van der Waals surface area contributed by atoms with Gasteiger partial charge >= 0.3 is 6.09 Å². The largest absolute Gasteiger partial charge is 0.465 e. The first-order valence-electron chi connectivity index (χ1n) is 18.1. The second kappa shape index (κ2) is 16.1. The van der Waals surface area contributed by atoms with Gasteiger partial charge in [-0.1, -0.05) is 30.3 Å². The van der Waals surface area contributed by atoms with E-state index in [1.165, 1.54) is 0 Å². The topological polar surface area (TPSA) is 148 Å². The number of hydrogen-bond acceptors (Lipinski definition) is 6. The molecule has 0 bridgehead atoms. The third kappa shape index (κ3) is 7.28. The van der Waals surface area contributed by atoms with Gasteiger partial charge in [0.2, 0.25) is 5.91 Å². The van der Waals surface area contributed by atoms with Crippen LogP contribution in [0.3, 0.4) is 0 Å². The van der Waals surface area contributed by atoms with Crippen LogP contribution in [0.25, 0.3) is 44.5 Å². The average molecular weight is 817 g/mol. The number of nitrogens with zero attached hydrogens (tertiary/aromatic N) is 3. The van der Waals surface area contributed by atoms with Gasteiger partial charge in [0.1, 0.15) is 17.7 Å². The molecule has 1 aliphatic carbocycles. The second-order valence-electron chi connectivity index (χ2n) is 14.3. The molecule has 3 atom stereocenters. The Morgan fingerprint density at radius 2 is 1.56 bits per heavy atom. The van der Waals surface area contributed by atoms with Gasteiger partial charge in [0.15, 0.2) is 0 Å². The highest BCUT2D eigenvalue weighted by molar-refractivity contribution is 5.88. The zero-order chi connectivity index (χ0) is 35.6. The van der Waals surface area contributed by atoms with Crippen LogP contribution in [-0.4, -0.2) is 74.3 Å². The fourth-order valence-electron chi connectivity index (χ4n) is 8.57. The number of amides is 2. The maximum absolute atomic E-state index is 16.2. The molecule has 292 valence electrons. The SMILES string of the molecule is Cl.Cl.Cl.O=C(O)N[C@H](C(=O)N1CCC[C@H]1c1nc2ccc(-c3ccc4c(c3)C(F)(F)c3cc(-c5cnc([C@@H]6CCCN6)[nH]5)ccc3-4)cc2[nH]1)C1CCOCC1. The number of likely N-dealkylation sites (tertiary alicyclic amines) is 1. The molecule has 3 fully saturated rings. The summed E-state index contributed by atoms with van der Waals surface area (Å²) in [6.45, 7) is 2.43. The summed E-state index contributed by atoms with van der Waals surface area (Å²) in [5, 5.41) is 15.4. The van der Waals surface area contributed by atoms with Crippen molar-refractivity contribution >= 4 is 60.3 Å². The number of alkyl halides is 2. The van der Waals surface area contributed by atoms with E-state index in [1.54, 1.807) is 35.4 Å². The molecule has 5 N–H and O–H groups in total. The molecule has 4 aliphatic rings. The number of H-pyrrole nitrogens is 2. The molecule has 5 heterocycles. The van der Waals surface area contributed by atoms with E-state index in [0.29, 0.717) is 78.3 Å². The fraction of sp³-hybridized carbons (Fsp3) is 0.385. The summed E-state index contributed by atoms with van der Waals surface area (Å²) in [5.41, 5.74) is 5.21. The van der Waals surface area contributed by atoms with Crippen molar-refractivity contribution in [2.75, 3.05) is 26.3 Å². The van der Waals surface area contributed by atoms with E-state index in [0.717, 1.165) is 42.7 Å². The highest BCUT2D eigenvalue weighted by Gasteiger charge is 2.45. The van der Waals surface area contributed by atoms with E-state index >= 15 is 8.78 Å². The highest BCUT2D eigenvalue weighted by Crippen LogP contribution is 2.52. The lowest BCUT2D eigenvalue weighted by molar-refractivity contribution is -0.136. The Hall–Kier alpha value is -4.27. The van der Waals surface area contributed by atoms with Crippen molar-refractivity contribution in [3.8, 4) is 33.5 Å². The van der Waals surface area contributed by atoms with Crippen molar-refractivity contribution < 1.29 is 28.2 Å². The van der Waals surface area contributed by atoms with E-state index < -0.39 is 18.1 Å². The van der Waals surface area contributed by atoms with Gasteiger partial charge in [-0.05, 0) is 97.5 Å². The van der Waals surface area contributed by atoms with Gasteiger partial charge in [0, 0.05) is 36.4 Å². The highest BCUT2D eigenvalue weighted by atomic mass is 35.5. The fourth-order valence-corrected chi connectivity index (χ4v) is 8.57. The summed E-state index contributed by atoms with van der Waals surface area (Å²) in [5.74, 6) is -2.13. The number of hydrogen-bond donors (Lipinski definition) is 5. The van der Waals surface area contributed by atoms with Crippen molar-refractivity contribution in [1.29, 1.82) is 0 Å². The normalized spacial score (nSPS) is 20.5. The number of rotatable bonds is 7. The number of aromatic amines is 2. The standard InChI is InChI=1S/C39H39F2N7O4.3ClH/c40-39(41)27-17-22(5-8-25(27)26-9-6-24(18-28(26)39)32-20-43-35(46-32)30-3-1-13-42-30)23-7-10-29-31(19-23)45-36(44-29)33-4-2-14-48(33)37(49)34(47-38(50)51)21-11-15-52-16-12-21;;;/h5-10,17-21,30,33-34,42,47H,1-4,11-16H2,(H,43,46)(H,44,45)(H,50,51);3*1H/t30-,33-,34-;;;/m0.../s1. The molecule has 2 aromatic heterocycles. The van der Waals surface area contributed by atoms with Crippen molar-refractivity contribution in [3.63, 3.8) is 0 Å². The van der Waals surface area contributed by atoms with E-state index in [1.807, 2.05) is 30.3 Å². The van der Waals surface area contributed by atoms with Crippen molar-refractivity contribution in [2.45, 2.75) is 62.6 Å². The first-order valence-corrected chi connectivity index (χ1v) is 18.1. The number of benzene rings is 3. The zero-order valence-electron chi connectivity index (χ0n) is 29.6. The van der Waals surface area contributed by atoms with Crippen LogP contribution in [0.1, 0.15) is 73.4 Å². The van der Waals surface area contributed by atoms with Gasteiger partial charge < -0.3 is 35.3 Å². The van der Waals surface area contributed by atoms with Crippen LogP contribution in [0.5, 0.6) is 0 Å². The molecule has 3 aromatic carbocycles. The average Bonchev–Trinajstić information content (AvgIpc) is 4.00. The summed E-state index contributed by atoms with van der Waals surface area (Å²) in [6, 6.07) is 15.0. The molecule has 5 aromatic rings. The smallest absolute Gasteiger partial charge is 0.405 e. The maximum Gasteiger partial charge on any atom is 0.405 e. The number of carboxylic acid groups (broad SMARTS) is 1. The molecule has 55 heavy (non-hydrogen) atoms. The lowest BCUT2D eigenvalue weighted by atomic mass is 9.90. The Morgan fingerprint density at radius 3 is 2.27 bits per heavy atom. The molecular weight excluding hydrogens is 775 g/mol. The minimum absolute atomic E-state index is 0. The van der Waals surface area contributed by atoms with E-state index in [9.17, 15) is 14.7 Å². The lowest BCUT2D eigenvalue weighted by Crippen LogP contribution is -2.52. The number of halogens is 5. The number of fused-ring (bicyclic) bond motifs is 4. The van der Waals surface area contributed by atoms with Gasteiger partial charge in [-0.3, -0.25) is 4.79 Å². The van der Waals surface area contributed by atoms with Gasteiger partial charge in [0.25, 0.3) is 5.92 Å². The number of ether oxygens (including phenoxy) is 1. The molecular formula is C39H42Cl3F2N7O4. The third-order valence-electron chi connectivity index (χ3n) is 11.3. The van der Waals surface area contributed by atoms with Crippen LogP contribution in [0.2, 0.25) is 0 Å². The number of nitrogens with one attached hydrogen (secondary N) is 4. The summed E-state index contributed by atoms with van der Waals surface area (Å²) in [7, 11) is 0. The van der Waals surface area contributed by atoms with Crippen LogP contribution in [0.15, 0.2) is 60.8 Å². The number of aromatic nitrogens is 4. The van der Waals surface area contributed by atoms with Gasteiger partial charge in [-0.25, -0.2) is 14.8 Å². The van der Waals surface area contributed by atoms with Crippen LogP contribution < -0.4 is 10.6 Å². The molecule has 3 aliphatic heterocycles. The molecule has 0 unspecified atom stereocenters. The molecule has 2 amide bonds. The van der Waals surface area contributed by atoms with E-state index in [2.05, 4.69) is 25.6 Å². The van der Waals surface area contributed by atoms with E-state index in [4.69, 9.17) is 9.72 Å².